The topological polar surface area (TPSA) is 52.8 Å². The summed E-state index contributed by atoms with van der Waals surface area (Å²) in [4.78, 5) is 3.71. The van der Waals surface area contributed by atoms with Crippen LogP contribution in [0.25, 0.3) is 0 Å². The van der Waals surface area contributed by atoms with Crippen LogP contribution < -0.4 is 0 Å². The van der Waals surface area contributed by atoms with Crippen molar-refractivity contribution in [3.05, 3.63) is 24.3 Å². The summed E-state index contributed by atoms with van der Waals surface area (Å²) < 4.78 is 0. The second kappa shape index (κ2) is 4.96. The lowest BCUT2D eigenvalue weighted by Crippen LogP contribution is -2.12. The molecule has 0 bridgehead atoms. The molecular formula is C6H10BNO2. The quantitative estimate of drug-likeness (QED) is 0.332. The third kappa shape index (κ3) is 4.06. The maximum Gasteiger partial charge on any atom is 0.487 e. The minimum atomic E-state index is -1.48. The zero-order valence-corrected chi connectivity index (χ0v) is 5.86. The molecule has 0 aliphatic rings. The van der Waals surface area contributed by atoms with Gasteiger partial charge < -0.3 is 10.0 Å². The smallest absolute Gasteiger partial charge is 0.423 e. The molecule has 0 aromatic carbocycles. The fraction of sp³-hybridized carbons (Fsp3) is 0.167. The lowest BCUT2D eigenvalue weighted by molar-refractivity contribution is 0.421. The average molecular weight is 139 g/mol. The Balaban J connectivity index is 3.78. The SMILES string of the molecule is C=C(/C=C\N=C/C)B(O)O. The maximum atomic E-state index is 8.47. The van der Waals surface area contributed by atoms with Gasteiger partial charge in [0.15, 0.2) is 0 Å². The fourth-order valence-corrected chi connectivity index (χ4v) is 0.311. The average Bonchev–Trinajstić information content (AvgIpc) is 1.88. The van der Waals surface area contributed by atoms with Crippen LogP contribution in [0.3, 0.4) is 0 Å². The van der Waals surface area contributed by atoms with Crippen LogP contribution >= 0.6 is 0 Å². The van der Waals surface area contributed by atoms with Crippen LogP contribution in [-0.4, -0.2) is 23.4 Å². The molecule has 0 spiro atoms. The molecule has 3 nitrogen and oxygen atoms in total. The van der Waals surface area contributed by atoms with Crippen molar-refractivity contribution in [1.29, 1.82) is 0 Å². The van der Waals surface area contributed by atoms with Crippen molar-refractivity contribution in [2.75, 3.05) is 0 Å². The van der Waals surface area contributed by atoms with E-state index in [1.165, 1.54) is 12.3 Å². The van der Waals surface area contributed by atoms with E-state index < -0.39 is 7.12 Å². The van der Waals surface area contributed by atoms with Crippen LogP contribution in [0.4, 0.5) is 0 Å². The lowest BCUT2D eigenvalue weighted by Gasteiger charge is -1.92. The van der Waals surface area contributed by atoms with E-state index in [2.05, 4.69) is 11.6 Å². The first-order valence-corrected chi connectivity index (χ1v) is 2.87. The van der Waals surface area contributed by atoms with Gasteiger partial charge in [-0.15, -0.1) is 0 Å². The number of hydrogen-bond donors (Lipinski definition) is 2. The van der Waals surface area contributed by atoms with E-state index in [0.717, 1.165) is 0 Å². The van der Waals surface area contributed by atoms with E-state index in [1.54, 1.807) is 13.1 Å². The molecule has 0 fully saturated rings. The molecule has 54 valence electrons. The summed E-state index contributed by atoms with van der Waals surface area (Å²) in [6, 6.07) is 0. The molecule has 10 heavy (non-hydrogen) atoms. The summed E-state index contributed by atoms with van der Waals surface area (Å²) in [6.45, 7) is 5.13. The van der Waals surface area contributed by atoms with E-state index in [-0.39, 0.29) is 5.47 Å². The normalized spacial score (nSPS) is 11.1. The van der Waals surface area contributed by atoms with Crippen molar-refractivity contribution >= 4 is 13.3 Å². The first-order valence-electron chi connectivity index (χ1n) is 2.87. The van der Waals surface area contributed by atoms with E-state index in [0.29, 0.717) is 0 Å². The molecule has 0 unspecified atom stereocenters. The summed E-state index contributed by atoms with van der Waals surface area (Å²) in [5.74, 6) is 0. The Morgan fingerprint density at radius 1 is 1.60 bits per heavy atom. The van der Waals surface area contributed by atoms with E-state index in [9.17, 15) is 0 Å². The first kappa shape index (κ1) is 9.13. The Morgan fingerprint density at radius 2 is 2.20 bits per heavy atom. The summed E-state index contributed by atoms with van der Waals surface area (Å²) >= 11 is 0. The molecule has 0 radical (unpaired) electrons. The highest BCUT2D eigenvalue weighted by atomic mass is 16.4. The van der Waals surface area contributed by atoms with Gasteiger partial charge in [0.05, 0.1) is 0 Å². The van der Waals surface area contributed by atoms with Gasteiger partial charge >= 0.3 is 7.12 Å². The summed E-state index contributed by atoms with van der Waals surface area (Å²) in [5.41, 5.74) is 0.227. The van der Waals surface area contributed by atoms with Gasteiger partial charge in [0.2, 0.25) is 0 Å². The van der Waals surface area contributed by atoms with Crippen LogP contribution in [0.2, 0.25) is 0 Å². The predicted molar refractivity (Wildman–Crippen MR) is 42.6 cm³/mol. The number of nitrogens with zero attached hydrogens (tertiary/aromatic N) is 1. The van der Waals surface area contributed by atoms with Gasteiger partial charge in [0.25, 0.3) is 0 Å². The van der Waals surface area contributed by atoms with Gasteiger partial charge in [-0.1, -0.05) is 6.58 Å². The van der Waals surface area contributed by atoms with Crippen LogP contribution in [0.15, 0.2) is 29.3 Å². The van der Waals surface area contributed by atoms with Crippen molar-refractivity contribution in [3.63, 3.8) is 0 Å². The third-order valence-electron chi connectivity index (χ3n) is 0.855. The number of allylic oxidation sites excluding steroid dienone is 2. The molecular weight excluding hydrogens is 129 g/mol. The highest BCUT2D eigenvalue weighted by molar-refractivity contribution is 6.51. The van der Waals surface area contributed by atoms with Gasteiger partial charge in [-0.2, -0.15) is 0 Å². The van der Waals surface area contributed by atoms with Gasteiger partial charge in [-0.3, -0.25) is 4.99 Å². The minimum absolute atomic E-state index is 0.227. The number of rotatable bonds is 3. The Bertz CT molecular complexity index is 163. The van der Waals surface area contributed by atoms with E-state index >= 15 is 0 Å². The Kier molecular flexibility index (Phi) is 4.53. The Morgan fingerprint density at radius 3 is 2.60 bits per heavy atom. The van der Waals surface area contributed by atoms with Gasteiger partial charge in [-0.05, 0) is 18.5 Å². The van der Waals surface area contributed by atoms with Crippen molar-refractivity contribution in [1.82, 2.24) is 0 Å². The van der Waals surface area contributed by atoms with Gasteiger partial charge in [-0.25, -0.2) is 0 Å². The molecule has 0 amide bonds. The van der Waals surface area contributed by atoms with Crippen molar-refractivity contribution < 1.29 is 10.0 Å². The molecule has 4 heteroatoms. The molecule has 0 heterocycles. The highest BCUT2D eigenvalue weighted by Gasteiger charge is 2.07. The molecule has 0 saturated heterocycles. The molecule has 0 aromatic rings. The third-order valence-corrected chi connectivity index (χ3v) is 0.855. The van der Waals surface area contributed by atoms with Crippen LogP contribution in [0.1, 0.15) is 6.92 Å². The summed E-state index contributed by atoms with van der Waals surface area (Å²) in [5, 5.41) is 16.9. The first-order chi connectivity index (χ1) is 4.68. The molecule has 0 saturated carbocycles. The molecule has 0 atom stereocenters. The van der Waals surface area contributed by atoms with Gasteiger partial charge in [0.1, 0.15) is 0 Å². The summed E-state index contributed by atoms with van der Waals surface area (Å²) in [6.07, 6.45) is 4.47. The zero-order chi connectivity index (χ0) is 7.98. The lowest BCUT2D eigenvalue weighted by atomic mass is 9.81. The minimum Gasteiger partial charge on any atom is -0.423 e. The Hall–Kier alpha value is -0.865. The van der Waals surface area contributed by atoms with Crippen LogP contribution in [0, 0.1) is 0 Å². The van der Waals surface area contributed by atoms with Crippen LogP contribution in [-0.2, 0) is 0 Å². The fourth-order valence-electron chi connectivity index (χ4n) is 0.311. The number of aliphatic imine (C=N–C) groups is 1. The van der Waals surface area contributed by atoms with Gasteiger partial charge in [0, 0.05) is 12.4 Å². The van der Waals surface area contributed by atoms with Crippen molar-refractivity contribution in [2.24, 2.45) is 4.99 Å². The molecule has 0 aliphatic heterocycles. The summed E-state index contributed by atoms with van der Waals surface area (Å²) in [7, 11) is -1.48. The second-order valence-electron chi connectivity index (χ2n) is 1.67. The zero-order valence-electron chi connectivity index (χ0n) is 5.86. The predicted octanol–water partition coefficient (Wildman–Crippen LogP) is 0.159. The van der Waals surface area contributed by atoms with E-state index in [4.69, 9.17) is 10.0 Å². The highest BCUT2D eigenvalue weighted by Crippen LogP contribution is 1.93. The molecule has 0 aliphatic carbocycles. The second-order valence-corrected chi connectivity index (χ2v) is 1.67. The van der Waals surface area contributed by atoms with Crippen LogP contribution in [0.5, 0.6) is 0 Å². The maximum absolute atomic E-state index is 8.47. The largest absolute Gasteiger partial charge is 0.487 e. The Labute approximate surface area is 60.6 Å². The molecule has 0 aromatic heterocycles. The molecule has 0 rings (SSSR count). The molecule has 2 N–H and O–H groups in total. The van der Waals surface area contributed by atoms with Crippen molar-refractivity contribution in [3.8, 4) is 0 Å². The van der Waals surface area contributed by atoms with Crippen molar-refractivity contribution in [2.45, 2.75) is 6.92 Å². The standard InChI is InChI=1S/C6H10BNO2/c1-3-8-5-4-6(2)7(9)10/h3-5,9-10H,2H2,1H3/b5-4-,8-3-. The monoisotopic (exact) mass is 139 g/mol. The number of hydrogen-bond acceptors (Lipinski definition) is 3. The van der Waals surface area contributed by atoms with E-state index in [1.807, 2.05) is 0 Å².